The lowest BCUT2D eigenvalue weighted by Gasteiger charge is -2.01. The zero-order valence-electron chi connectivity index (χ0n) is 9.34. The second-order valence-electron chi connectivity index (χ2n) is 3.83. The highest BCUT2D eigenvalue weighted by Crippen LogP contribution is 2.23. The van der Waals surface area contributed by atoms with Crippen LogP contribution in [0.3, 0.4) is 0 Å². The molecule has 2 heterocycles. The summed E-state index contributed by atoms with van der Waals surface area (Å²) in [4.78, 5) is 4.20. The molecule has 0 atom stereocenters. The Morgan fingerprint density at radius 2 is 1.83 bits per heavy atom. The molecule has 86 valence electrons. The Kier molecular flexibility index (Phi) is 2.31. The van der Waals surface area contributed by atoms with Crippen LogP contribution in [0.1, 0.15) is 5.69 Å². The average Bonchev–Trinajstić information content (AvgIpc) is 2.80. The lowest BCUT2D eigenvalue weighted by Crippen LogP contribution is -1.94. The molecule has 0 aliphatic heterocycles. The van der Waals surface area contributed by atoms with Crippen molar-refractivity contribution < 1.29 is 4.39 Å². The second kappa shape index (κ2) is 3.97. The Balaban J connectivity index is 2.41. The monoisotopic (exact) mass is 237 g/mol. The molecule has 3 nitrogen and oxygen atoms in total. The van der Waals surface area contributed by atoms with Crippen molar-refractivity contribution in [3.63, 3.8) is 0 Å². The van der Waals surface area contributed by atoms with Gasteiger partial charge in [-0.15, -0.1) is 0 Å². The van der Waals surface area contributed by atoms with Crippen LogP contribution in [-0.2, 0) is 0 Å². The van der Waals surface area contributed by atoms with Gasteiger partial charge in [0.1, 0.15) is 11.9 Å². The number of imidazole rings is 1. The molecular weight excluding hydrogens is 229 g/mol. The summed E-state index contributed by atoms with van der Waals surface area (Å²) in [7, 11) is 0. The second-order valence-corrected chi connectivity index (χ2v) is 3.83. The SMILES string of the molecule is N#Cc1nc(-c2ccccc2)n2c(F)cccc12. The smallest absolute Gasteiger partial charge is 0.199 e. The Hall–Kier alpha value is -2.67. The average molecular weight is 237 g/mol. The number of halogens is 1. The Morgan fingerprint density at radius 1 is 1.06 bits per heavy atom. The van der Waals surface area contributed by atoms with Gasteiger partial charge in [-0.25, -0.2) is 4.98 Å². The molecular formula is C14H8FN3. The van der Waals surface area contributed by atoms with E-state index in [4.69, 9.17) is 5.26 Å². The summed E-state index contributed by atoms with van der Waals surface area (Å²) in [6, 6.07) is 15.8. The fourth-order valence-electron chi connectivity index (χ4n) is 1.96. The summed E-state index contributed by atoms with van der Waals surface area (Å²) >= 11 is 0. The lowest BCUT2D eigenvalue weighted by molar-refractivity contribution is 0.569. The minimum Gasteiger partial charge on any atom is -0.267 e. The molecule has 3 aromatic rings. The van der Waals surface area contributed by atoms with Crippen LogP contribution < -0.4 is 0 Å². The molecule has 1 aromatic carbocycles. The molecule has 0 fully saturated rings. The molecule has 3 rings (SSSR count). The Bertz CT molecular complexity index is 754. The van der Waals surface area contributed by atoms with E-state index in [1.165, 1.54) is 10.5 Å². The number of nitrogens with zero attached hydrogens (tertiary/aromatic N) is 3. The lowest BCUT2D eigenvalue weighted by atomic mass is 10.2. The van der Waals surface area contributed by atoms with E-state index in [1.54, 1.807) is 12.1 Å². The highest BCUT2D eigenvalue weighted by molar-refractivity contribution is 5.68. The largest absolute Gasteiger partial charge is 0.267 e. The van der Waals surface area contributed by atoms with Gasteiger partial charge in [-0.2, -0.15) is 9.65 Å². The molecule has 0 saturated heterocycles. The maximum atomic E-state index is 13.9. The zero-order chi connectivity index (χ0) is 12.5. The quantitative estimate of drug-likeness (QED) is 0.610. The van der Waals surface area contributed by atoms with Crippen LogP contribution in [0.15, 0.2) is 48.5 Å². The van der Waals surface area contributed by atoms with Crippen molar-refractivity contribution in [1.82, 2.24) is 9.38 Å². The summed E-state index contributed by atoms with van der Waals surface area (Å²) in [5.74, 6) is 0.0144. The highest BCUT2D eigenvalue weighted by Gasteiger charge is 2.14. The van der Waals surface area contributed by atoms with Crippen LogP contribution in [0.4, 0.5) is 4.39 Å². The summed E-state index contributed by atoms with van der Waals surface area (Å²) in [6.07, 6.45) is 0. The van der Waals surface area contributed by atoms with Gasteiger partial charge < -0.3 is 0 Å². The third-order valence-electron chi connectivity index (χ3n) is 2.75. The Morgan fingerprint density at radius 3 is 2.56 bits per heavy atom. The number of fused-ring (bicyclic) bond motifs is 1. The standard InChI is InChI=1S/C14H8FN3/c15-13-8-4-7-12-11(9-16)17-14(18(12)13)10-5-2-1-3-6-10/h1-8H. The van der Waals surface area contributed by atoms with E-state index in [0.29, 0.717) is 11.3 Å². The molecule has 4 heteroatoms. The molecule has 0 unspecified atom stereocenters. The van der Waals surface area contributed by atoms with Gasteiger partial charge in [0.2, 0.25) is 0 Å². The molecule has 0 aliphatic carbocycles. The minimum atomic E-state index is -0.430. The van der Waals surface area contributed by atoms with E-state index in [1.807, 2.05) is 36.4 Å². The predicted molar refractivity (Wildman–Crippen MR) is 65.3 cm³/mol. The van der Waals surface area contributed by atoms with Gasteiger partial charge in [-0.1, -0.05) is 36.4 Å². The van der Waals surface area contributed by atoms with Crippen molar-refractivity contribution in [2.24, 2.45) is 0 Å². The van der Waals surface area contributed by atoms with Gasteiger partial charge in [-0.3, -0.25) is 4.40 Å². The number of hydrogen-bond donors (Lipinski definition) is 0. The predicted octanol–water partition coefficient (Wildman–Crippen LogP) is 3.01. The van der Waals surface area contributed by atoms with Crippen molar-refractivity contribution in [3.05, 3.63) is 60.2 Å². The van der Waals surface area contributed by atoms with E-state index in [-0.39, 0.29) is 5.69 Å². The first-order valence-electron chi connectivity index (χ1n) is 5.44. The van der Waals surface area contributed by atoms with Gasteiger partial charge in [0, 0.05) is 5.56 Å². The molecule has 0 N–H and O–H groups in total. The van der Waals surface area contributed by atoms with E-state index in [2.05, 4.69) is 4.98 Å². The third-order valence-corrected chi connectivity index (χ3v) is 2.75. The molecule has 0 bridgehead atoms. The molecule has 18 heavy (non-hydrogen) atoms. The first kappa shape index (κ1) is 10.5. The van der Waals surface area contributed by atoms with E-state index in [9.17, 15) is 4.39 Å². The zero-order valence-corrected chi connectivity index (χ0v) is 9.34. The minimum absolute atomic E-state index is 0.230. The van der Waals surface area contributed by atoms with Crippen molar-refractivity contribution in [2.45, 2.75) is 0 Å². The molecule has 0 radical (unpaired) electrons. The van der Waals surface area contributed by atoms with Crippen LogP contribution in [0.5, 0.6) is 0 Å². The maximum Gasteiger partial charge on any atom is 0.199 e. The number of pyridine rings is 1. The van der Waals surface area contributed by atoms with Gasteiger partial charge in [0.05, 0.1) is 5.52 Å². The van der Waals surface area contributed by atoms with E-state index >= 15 is 0 Å². The van der Waals surface area contributed by atoms with Crippen LogP contribution in [-0.4, -0.2) is 9.38 Å². The molecule has 0 spiro atoms. The first-order chi connectivity index (χ1) is 8.81. The first-order valence-corrected chi connectivity index (χ1v) is 5.44. The van der Waals surface area contributed by atoms with E-state index in [0.717, 1.165) is 5.56 Å². The normalized spacial score (nSPS) is 10.4. The molecule has 2 aromatic heterocycles. The fraction of sp³-hybridized carbons (Fsp3) is 0. The van der Waals surface area contributed by atoms with Crippen molar-refractivity contribution in [1.29, 1.82) is 5.26 Å². The van der Waals surface area contributed by atoms with Crippen LogP contribution >= 0.6 is 0 Å². The van der Waals surface area contributed by atoms with Crippen LogP contribution in [0.2, 0.25) is 0 Å². The van der Waals surface area contributed by atoms with Crippen LogP contribution in [0, 0.1) is 17.3 Å². The highest BCUT2D eigenvalue weighted by atomic mass is 19.1. The molecule has 0 amide bonds. The van der Waals surface area contributed by atoms with Gasteiger partial charge in [0.25, 0.3) is 0 Å². The number of benzene rings is 1. The van der Waals surface area contributed by atoms with Gasteiger partial charge in [0.15, 0.2) is 11.6 Å². The summed E-state index contributed by atoms with van der Waals surface area (Å²) in [5.41, 5.74) is 1.49. The summed E-state index contributed by atoms with van der Waals surface area (Å²) < 4.78 is 15.3. The van der Waals surface area contributed by atoms with Crippen LogP contribution in [0.25, 0.3) is 16.9 Å². The van der Waals surface area contributed by atoms with Gasteiger partial charge >= 0.3 is 0 Å². The third kappa shape index (κ3) is 1.45. The topological polar surface area (TPSA) is 41.1 Å². The molecule has 0 saturated carbocycles. The summed E-state index contributed by atoms with van der Waals surface area (Å²) in [6.45, 7) is 0. The fourth-order valence-corrected chi connectivity index (χ4v) is 1.96. The number of hydrogen-bond acceptors (Lipinski definition) is 2. The number of rotatable bonds is 1. The van der Waals surface area contributed by atoms with E-state index < -0.39 is 5.95 Å². The molecule has 0 aliphatic rings. The summed E-state index contributed by atoms with van der Waals surface area (Å²) in [5, 5.41) is 9.04. The van der Waals surface area contributed by atoms with Crippen molar-refractivity contribution in [3.8, 4) is 17.5 Å². The van der Waals surface area contributed by atoms with Crippen molar-refractivity contribution in [2.75, 3.05) is 0 Å². The number of aromatic nitrogens is 2. The number of nitriles is 1. The maximum absolute atomic E-state index is 13.9. The van der Waals surface area contributed by atoms with Crippen molar-refractivity contribution >= 4 is 5.52 Å². The Labute approximate surface area is 103 Å². The van der Waals surface area contributed by atoms with Gasteiger partial charge in [-0.05, 0) is 12.1 Å².